The average molecular weight is 452 g/mol. The molecule has 1 aromatic carbocycles. The minimum absolute atomic E-state index is 0.203. The van der Waals surface area contributed by atoms with Gasteiger partial charge in [-0.3, -0.25) is 19.5 Å². The molecule has 1 atom stereocenters. The highest BCUT2D eigenvalue weighted by molar-refractivity contribution is 6.35. The van der Waals surface area contributed by atoms with Gasteiger partial charge in [-0.1, -0.05) is 6.07 Å². The first-order valence-corrected chi connectivity index (χ1v) is 10.8. The number of pyridine rings is 1. The van der Waals surface area contributed by atoms with E-state index in [2.05, 4.69) is 25.4 Å². The first-order chi connectivity index (χ1) is 16.1. The van der Waals surface area contributed by atoms with Crippen molar-refractivity contribution in [3.05, 3.63) is 84.3 Å². The van der Waals surface area contributed by atoms with Gasteiger partial charge in [0.05, 0.1) is 12.3 Å². The molecule has 172 valence electrons. The maximum absolute atomic E-state index is 13.2. The van der Waals surface area contributed by atoms with Crippen molar-refractivity contribution < 1.29 is 18.4 Å². The molecule has 1 fully saturated rings. The van der Waals surface area contributed by atoms with E-state index in [4.69, 9.17) is 4.42 Å². The van der Waals surface area contributed by atoms with Crippen LogP contribution in [0.1, 0.15) is 17.4 Å². The van der Waals surface area contributed by atoms with E-state index in [9.17, 15) is 14.0 Å². The van der Waals surface area contributed by atoms with E-state index in [0.29, 0.717) is 0 Å². The highest BCUT2D eigenvalue weighted by Crippen LogP contribution is 2.24. The number of halogens is 1. The minimum Gasteiger partial charge on any atom is -0.468 e. The van der Waals surface area contributed by atoms with Crippen LogP contribution in [0.3, 0.4) is 0 Å². The highest BCUT2D eigenvalue weighted by Gasteiger charge is 2.28. The third kappa shape index (κ3) is 5.95. The molecular weight excluding hydrogens is 425 g/mol. The van der Waals surface area contributed by atoms with E-state index in [-0.39, 0.29) is 24.9 Å². The van der Waals surface area contributed by atoms with Crippen molar-refractivity contribution >= 4 is 17.5 Å². The number of amides is 2. The zero-order chi connectivity index (χ0) is 23.0. The van der Waals surface area contributed by atoms with Gasteiger partial charge < -0.3 is 20.0 Å². The smallest absolute Gasteiger partial charge is 0.309 e. The summed E-state index contributed by atoms with van der Waals surface area (Å²) in [6, 6.07) is 13.5. The van der Waals surface area contributed by atoms with Crippen molar-refractivity contribution in [2.75, 3.05) is 37.6 Å². The summed E-state index contributed by atoms with van der Waals surface area (Å²) < 4.78 is 18.8. The number of piperazine rings is 1. The Morgan fingerprint density at radius 1 is 1.00 bits per heavy atom. The maximum Gasteiger partial charge on any atom is 0.309 e. The largest absolute Gasteiger partial charge is 0.468 e. The lowest BCUT2D eigenvalue weighted by Gasteiger charge is -2.39. The van der Waals surface area contributed by atoms with Gasteiger partial charge in [-0.05, 0) is 48.0 Å². The van der Waals surface area contributed by atoms with Crippen LogP contribution in [0.15, 0.2) is 71.6 Å². The summed E-state index contributed by atoms with van der Waals surface area (Å²) in [5, 5.41) is 5.33. The molecule has 1 aliphatic heterocycles. The first-order valence-electron chi connectivity index (χ1n) is 10.8. The molecule has 0 unspecified atom stereocenters. The summed E-state index contributed by atoms with van der Waals surface area (Å²) in [7, 11) is 0. The minimum atomic E-state index is -0.696. The van der Waals surface area contributed by atoms with Crippen LogP contribution in [0.4, 0.5) is 10.1 Å². The van der Waals surface area contributed by atoms with E-state index in [1.165, 1.54) is 12.1 Å². The second-order valence-corrected chi connectivity index (χ2v) is 7.78. The predicted octanol–water partition coefficient (Wildman–Crippen LogP) is 2.11. The molecule has 8 nitrogen and oxygen atoms in total. The van der Waals surface area contributed by atoms with Crippen molar-refractivity contribution in [2.24, 2.45) is 0 Å². The van der Waals surface area contributed by atoms with Gasteiger partial charge in [0.15, 0.2) is 0 Å². The van der Waals surface area contributed by atoms with Crippen LogP contribution in [-0.2, 0) is 16.1 Å². The van der Waals surface area contributed by atoms with E-state index in [1.54, 1.807) is 42.9 Å². The second-order valence-electron chi connectivity index (χ2n) is 7.78. The SMILES string of the molecule is O=C(NCc1cccnc1)C(=O)NC[C@@H](c1ccco1)N1CCN(c2ccc(F)cc2)CC1. The molecule has 0 saturated carbocycles. The Hall–Kier alpha value is -3.72. The van der Waals surface area contributed by atoms with Crippen LogP contribution in [0, 0.1) is 5.82 Å². The van der Waals surface area contributed by atoms with Crippen molar-refractivity contribution in [2.45, 2.75) is 12.6 Å². The average Bonchev–Trinajstić information content (AvgIpc) is 3.39. The van der Waals surface area contributed by atoms with Gasteiger partial charge in [-0.25, -0.2) is 4.39 Å². The third-order valence-electron chi connectivity index (χ3n) is 5.66. The number of nitrogens with zero attached hydrogens (tertiary/aromatic N) is 3. The van der Waals surface area contributed by atoms with Crippen LogP contribution in [-0.4, -0.2) is 54.4 Å². The van der Waals surface area contributed by atoms with Gasteiger partial charge in [-0.2, -0.15) is 0 Å². The van der Waals surface area contributed by atoms with E-state index < -0.39 is 11.8 Å². The molecule has 33 heavy (non-hydrogen) atoms. The summed E-state index contributed by atoms with van der Waals surface area (Å²) in [5.74, 6) is -0.921. The van der Waals surface area contributed by atoms with Crippen LogP contribution < -0.4 is 15.5 Å². The normalized spacial score (nSPS) is 15.1. The molecule has 0 bridgehead atoms. The van der Waals surface area contributed by atoms with Crippen molar-refractivity contribution in [1.82, 2.24) is 20.5 Å². The number of rotatable bonds is 7. The monoisotopic (exact) mass is 451 g/mol. The number of hydrogen-bond donors (Lipinski definition) is 2. The molecule has 1 aliphatic rings. The molecule has 9 heteroatoms. The van der Waals surface area contributed by atoms with Crippen LogP contribution in [0.25, 0.3) is 0 Å². The van der Waals surface area contributed by atoms with Crippen molar-refractivity contribution in [3.8, 4) is 0 Å². The second kappa shape index (κ2) is 10.7. The number of nitrogens with one attached hydrogen (secondary N) is 2. The Bertz CT molecular complexity index is 1040. The molecule has 0 aliphatic carbocycles. The third-order valence-corrected chi connectivity index (χ3v) is 5.66. The zero-order valence-electron chi connectivity index (χ0n) is 18.1. The summed E-state index contributed by atoms with van der Waals surface area (Å²) in [6.07, 6.45) is 4.88. The number of aromatic nitrogens is 1. The number of hydrogen-bond acceptors (Lipinski definition) is 6. The maximum atomic E-state index is 13.2. The standard InChI is InChI=1S/C24H26FN5O3/c25-19-5-7-20(8-6-19)29-10-12-30(13-11-29)21(22-4-2-14-33-22)17-28-24(32)23(31)27-16-18-3-1-9-26-15-18/h1-9,14-15,21H,10-13,16-17H2,(H,27,31)(H,28,32)/t21-/m0/s1. The van der Waals surface area contributed by atoms with Gasteiger partial charge in [-0.15, -0.1) is 0 Å². The predicted molar refractivity (Wildman–Crippen MR) is 121 cm³/mol. The first kappa shape index (κ1) is 22.5. The fourth-order valence-corrected chi connectivity index (χ4v) is 3.87. The quantitative estimate of drug-likeness (QED) is 0.535. The molecule has 4 rings (SSSR count). The lowest BCUT2D eigenvalue weighted by atomic mass is 10.1. The van der Waals surface area contributed by atoms with Gasteiger partial charge >= 0.3 is 11.8 Å². The molecule has 2 amide bonds. The topological polar surface area (TPSA) is 90.7 Å². The molecule has 1 saturated heterocycles. The van der Waals surface area contributed by atoms with Gasteiger partial charge in [0.25, 0.3) is 0 Å². The summed E-state index contributed by atoms with van der Waals surface area (Å²) >= 11 is 0. The highest BCUT2D eigenvalue weighted by atomic mass is 19.1. The summed E-state index contributed by atoms with van der Waals surface area (Å²) in [6.45, 7) is 3.43. The number of benzene rings is 1. The molecule has 0 spiro atoms. The molecule has 3 aromatic rings. The Balaban J connectivity index is 1.32. The molecule has 2 N–H and O–H groups in total. The summed E-state index contributed by atoms with van der Waals surface area (Å²) in [4.78, 5) is 33.0. The van der Waals surface area contributed by atoms with Gasteiger partial charge in [0.1, 0.15) is 11.6 Å². The van der Waals surface area contributed by atoms with Gasteiger partial charge in [0.2, 0.25) is 0 Å². The van der Waals surface area contributed by atoms with E-state index in [1.807, 2.05) is 12.1 Å². The molecular formula is C24H26FN5O3. The molecule has 3 heterocycles. The molecule has 2 aromatic heterocycles. The Morgan fingerprint density at radius 3 is 2.42 bits per heavy atom. The summed E-state index contributed by atoms with van der Waals surface area (Å²) in [5.41, 5.74) is 1.79. The van der Waals surface area contributed by atoms with Crippen LogP contribution in [0.5, 0.6) is 0 Å². The fourth-order valence-electron chi connectivity index (χ4n) is 3.87. The number of anilines is 1. The Morgan fingerprint density at radius 2 is 1.76 bits per heavy atom. The van der Waals surface area contributed by atoms with E-state index >= 15 is 0 Å². The van der Waals surface area contributed by atoms with Crippen LogP contribution >= 0.6 is 0 Å². The lowest BCUT2D eigenvalue weighted by Crippen LogP contribution is -2.50. The van der Waals surface area contributed by atoms with Crippen molar-refractivity contribution in [1.29, 1.82) is 0 Å². The Kier molecular flexibility index (Phi) is 7.31. The molecule has 0 radical (unpaired) electrons. The number of furan rings is 1. The lowest BCUT2D eigenvalue weighted by molar-refractivity contribution is -0.139. The zero-order valence-corrected chi connectivity index (χ0v) is 18.1. The van der Waals surface area contributed by atoms with Gasteiger partial charge in [0, 0.05) is 57.3 Å². The number of carbonyl (C=O) groups excluding carboxylic acids is 2. The Labute approximate surface area is 191 Å². The van der Waals surface area contributed by atoms with Crippen molar-refractivity contribution in [3.63, 3.8) is 0 Å². The number of carbonyl (C=O) groups is 2. The fraction of sp³-hybridized carbons (Fsp3) is 0.292. The van der Waals surface area contributed by atoms with E-state index in [0.717, 1.165) is 43.2 Å². The van der Waals surface area contributed by atoms with Crippen LogP contribution in [0.2, 0.25) is 0 Å².